The Morgan fingerprint density at radius 1 is 1.23 bits per heavy atom. The maximum absolute atomic E-state index is 14.7. The predicted octanol–water partition coefficient (Wildman–Crippen LogP) is 3.22. The van der Waals surface area contributed by atoms with Crippen LogP contribution in [0.15, 0.2) is 35.5 Å². The molecule has 3 rings (SSSR count). The Morgan fingerprint density at radius 2 is 1.90 bits per heavy atom. The second-order valence-corrected chi connectivity index (χ2v) is 10.9. The van der Waals surface area contributed by atoms with E-state index in [2.05, 4.69) is 9.98 Å². The largest absolute Gasteiger partial charge is 0.386 e. The van der Waals surface area contributed by atoms with Crippen molar-refractivity contribution in [3.05, 3.63) is 63.9 Å². The first-order chi connectivity index (χ1) is 13.8. The van der Waals surface area contributed by atoms with Crippen LogP contribution in [0.25, 0.3) is 0 Å². The summed E-state index contributed by atoms with van der Waals surface area (Å²) in [5.74, 6) is -3.63. The van der Waals surface area contributed by atoms with Crippen LogP contribution in [0.5, 0.6) is 0 Å². The number of Topliss-reactive ketones (excluding diaryl/α,β-unsaturated/α-hetero) is 1. The van der Waals surface area contributed by atoms with Crippen molar-refractivity contribution in [2.75, 3.05) is 5.75 Å². The van der Waals surface area contributed by atoms with Gasteiger partial charge in [0.15, 0.2) is 27.3 Å². The molecule has 0 spiro atoms. The van der Waals surface area contributed by atoms with Crippen molar-refractivity contribution in [1.82, 2.24) is 4.98 Å². The van der Waals surface area contributed by atoms with Crippen LogP contribution < -0.4 is 5.73 Å². The Morgan fingerprint density at radius 3 is 2.47 bits per heavy atom. The summed E-state index contributed by atoms with van der Waals surface area (Å²) < 4.78 is 53.1. The summed E-state index contributed by atoms with van der Waals surface area (Å²) in [6.07, 6.45) is 1.03. The molecule has 2 heterocycles. The zero-order valence-electron chi connectivity index (χ0n) is 16.5. The third kappa shape index (κ3) is 3.83. The van der Waals surface area contributed by atoms with Gasteiger partial charge < -0.3 is 5.73 Å². The van der Waals surface area contributed by atoms with Gasteiger partial charge in [-0.25, -0.2) is 17.2 Å². The minimum Gasteiger partial charge on any atom is -0.386 e. The maximum Gasteiger partial charge on any atom is 0.185 e. The van der Waals surface area contributed by atoms with Crippen LogP contribution in [0.3, 0.4) is 0 Å². The summed E-state index contributed by atoms with van der Waals surface area (Å²) in [6.45, 7) is 4.19. The molecule has 0 saturated heterocycles. The SMILES string of the molecule is CC1(c2cc(CC(=O)c3ccc(Cl)cn3)cc(F)c2F)CS(=O)(=O)C(C)(C)C(N)=N1. The van der Waals surface area contributed by atoms with Gasteiger partial charge in [0.25, 0.3) is 0 Å². The minimum absolute atomic E-state index is 0.112. The summed E-state index contributed by atoms with van der Waals surface area (Å²) in [6, 6.07) is 5.06. The number of aliphatic imine (C=N–C) groups is 1. The number of pyridine rings is 1. The van der Waals surface area contributed by atoms with E-state index in [0.29, 0.717) is 5.02 Å². The molecule has 1 aromatic carbocycles. The summed E-state index contributed by atoms with van der Waals surface area (Å²) in [5.41, 5.74) is 4.23. The molecule has 30 heavy (non-hydrogen) atoms. The van der Waals surface area contributed by atoms with Crippen LogP contribution in [-0.4, -0.2) is 35.5 Å². The van der Waals surface area contributed by atoms with Crippen LogP contribution in [0.2, 0.25) is 5.02 Å². The van der Waals surface area contributed by atoms with Crippen LogP contribution in [0, 0.1) is 11.6 Å². The highest BCUT2D eigenvalue weighted by molar-refractivity contribution is 7.93. The Labute approximate surface area is 178 Å². The molecule has 0 amide bonds. The average Bonchev–Trinajstić information content (AvgIpc) is 2.63. The summed E-state index contributed by atoms with van der Waals surface area (Å²) in [7, 11) is -3.81. The fourth-order valence-electron chi connectivity index (χ4n) is 3.24. The Hall–Kier alpha value is -2.39. The summed E-state index contributed by atoms with van der Waals surface area (Å²) in [5, 5.41) is 0.353. The number of halogens is 3. The number of carbonyl (C=O) groups excluding carboxylic acids is 1. The number of hydrogen-bond acceptors (Lipinski definition) is 6. The van der Waals surface area contributed by atoms with Crippen molar-refractivity contribution in [1.29, 1.82) is 0 Å². The highest BCUT2D eigenvalue weighted by atomic mass is 35.5. The fraction of sp³-hybridized carbons (Fsp3) is 0.350. The lowest BCUT2D eigenvalue weighted by Gasteiger charge is -2.38. The lowest BCUT2D eigenvalue weighted by atomic mass is 9.90. The number of benzene rings is 1. The first kappa shape index (κ1) is 22.3. The van der Waals surface area contributed by atoms with Gasteiger partial charge in [0, 0.05) is 18.2 Å². The summed E-state index contributed by atoms with van der Waals surface area (Å²) in [4.78, 5) is 20.6. The van der Waals surface area contributed by atoms with E-state index in [0.717, 1.165) is 6.07 Å². The van der Waals surface area contributed by atoms with Gasteiger partial charge in [-0.1, -0.05) is 11.6 Å². The standard InChI is InChI=1S/C20H20ClF2N3O3S/c1-19(2)18(24)26-20(3,10-30(19,28)29)13-6-11(7-14(22)17(13)23)8-16(27)15-5-4-12(21)9-25-15/h4-7,9H,8,10H2,1-3H3,(H2,24,26). The van der Waals surface area contributed by atoms with Crippen molar-refractivity contribution in [3.63, 3.8) is 0 Å². The lowest BCUT2D eigenvalue weighted by Crippen LogP contribution is -2.55. The predicted molar refractivity (Wildman–Crippen MR) is 110 cm³/mol. The highest BCUT2D eigenvalue weighted by Crippen LogP contribution is 2.38. The van der Waals surface area contributed by atoms with Crippen LogP contribution >= 0.6 is 11.6 Å². The Kier molecular flexibility index (Phi) is 5.49. The van der Waals surface area contributed by atoms with E-state index in [1.165, 1.54) is 45.2 Å². The highest BCUT2D eigenvalue weighted by Gasteiger charge is 2.49. The van der Waals surface area contributed by atoms with Crippen molar-refractivity contribution < 1.29 is 22.0 Å². The lowest BCUT2D eigenvalue weighted by molar-refractivity contribution is 0.0988. The first-order valence-corrected chi connectivity index (χ1v) is 11.0. The summed E-state index contributed by atoms with van der Waals surface area (Å²) >= 11 is 5.75. The number of sulfone groups is 1. The van der Waals surface area contributed by atoms with E-state index < -0.39 is 43.3 Å². The second kappa shape index (κ2) is 7.39. The van der Waals surface area contributed by atoms with Crippen molar-refractivity contribution >= 4 is 33.1 Å². The van der Waals surface area contributed by atoms with Crippen LogP contribution in [-0.2, 0) is 21.8 Å². The van der Waals surface area contributed by atoms with E-state index in [4.69, 9.17) is 17.3 Å². The molecular formula is C20H20ClF2N3O3S. The number of amidine groups is 1. The van der Waals surface area contributed by atoms with Crippen molar-refractivity contribution in [2.45, 2.75) is 37.5 Å². The van der Waals surface area contributed by atoms with Crippen molar-refractivity contribution in [2.24, 2.45) is 10.7 Å². The quantitative estimate of drug-likeness (QED) is 0.713. The van der Waals surface area contributed by atoms with Gasteiger partial charge in [-0.05, 0) is 50.6 Å². The molecule has 2 aromatic rings. The van der Waals surface area contributed by atoms with Gasteiger partial charge in [-0.3, -0.25) is 14.8 Å². The van der Waals surface area contributed by atoms with Crippen molar-refractivity contribution in [3.8, 4) is 0 Å². The second-order valence-electron chi connectivity index (χ2n) is 7.94. The molecule has 1 unspecified atom stereocenters. The smallest absolute Gasteiger partial charge is 0.185 e. The molecule has 1 atom stereocenters. The monoisotopic (exact) mass is 455 g/mol. The van der Waals surface area contributed by atoms with E-state index in [1.54, 1.807) is 0 Å². The Bertz CT molecular complexity index is 1160. The maximum atomic E-state index is 14.7. The number of carbonyl (C=O) groups is 1. The molecule has 1 aliphatic rings. The Balaban J connectivity index is 2.05. The fourth-order valence-corrected chi connectivity index (χ4v) is 5.03. The number of ketones is 1. The van der Waals surface area contributed by atoms with Crippen LogP contribution in [0.1, 0.15) is 42.4 Å². The minimum atomic E-state index is -3.81. The number of aromatic nitrogens is 1. The van der Waals surface area contributed by atoms with Gasteiger partial charge in [-0.2, -0.15) is 0 Å². The number of nitrogens with zero attached hydrogens (tertiary/aromatic N) is 2. The topological polar surface area (TPSA) is 102 Å². The van der Waals surface area contributed by atoms with Gasteiger partial charge in [0.2, 0.25) is 0 Å². The molecule has 0 radical (unpaired) electrons. The van der Waals surface area contributed by atoms with E-state index in [-0.39, 0.29) is 29.1 Å². The number of hydrogen-bond donors (Lipinski definition) is 1. The third-order valence-electron chi connectivity index (χ3n) is 5.28. The van der Waals surface area contributed by atoms with Gasteiger partial charge >= 0.3 is 0 Å². The van der Waals surface area contributed by atoms with E-state index >= 15 is 0 Å². The van der Waals surface area contributed by atoms with E-state index in [9.17, 15) is 22.0 Å². The molecule has 10 heteroatoms. The van der Waals surface area contributed by atoms with Gasteiger partial charge in [0.05, 0.1) is 10.8 Å². The van der Waals surface area contributed by atoms with E-state index in [1.807, 2.05) is 0 Å². The molecule has 0 bridgehead atoms. The van der Waals surface area contributed by atoms with Gasteiger partial charge in [-0.15, -0.1) is 0 Å². The molecule has 0 fully saturated rings. The average molecular weight is 456 g/mol. The molecule has 0 aliphatic carbocycles. The number of nitrogens with two attached hydrogens (primary N) is 1. The molecule has 1 aromatic heterocycles. The normalized spacial score (nSPS) is 22.4. The molecule has 160 valence electrons. The molecular weight excluding hydrogens is 436 g/mol. The van der Waals surface area contributed by atoms with Crippen LogP contribution in [0.4, 0.5) is 8.78 Å². The number of rotatable bonds is 4. The first-order valence-electron chi connectivity index (χ1n) is 8.98. The molecule has 1 aliphatic heterocycles. The molecule has 0 saturated carbocycles. The zero-order chi connectivity index (χ0) is 22.5. The van der Waals surface area contributed by atoms with Gasteiger partial charge in [0.1, 0.15) is 21.8 Å². The molecule has 2 N–H and O–H groups in total. The third-order valence-corrected chi connectivity index (χ3v) is 8.21. The molecule has 6 nitrogen and oxygen atoms in total. The zero-order valence-corrected chi connectivity index (χ0v) is 18.1.